The number of amides is 1. The molecule has 1 aromatic rings. The smallest absolute Gasteiger partial charge is 0.289 e. The molecule has 0 bridgehead atoms. The van der Waals surface area contributed by atoms with E-state index >= 15 is 0 Å². The number of rotatable bonds is 1. The van der Waals surface area contributed by atoms with Gasteiger partial charge in [0.25, 0.3) is 5.91 Å². The molecule has 2 heterocycles. The van der Waals surface area contributed by atoms with Crippen LogP contribution in [0, 0.1) is 0 Å². The highest BCUT2D eigenvalue weighted by Gasteiger charge is 2.34. The zero-order valence-corrected chi connectivity index (χ0v) is 10.1. The van der Waals surface area contributed by atoms with E-state index in [9.17, 15) is 4.79 Å². The van der Waals surface area contributed by atoms with Crippen molar-refractivity contribution in [2.24, 2.45) is 0 Å². The molecule has 0 unspecified atom stereocenters. The van der Waals surface area contributed by atoms with E-state index in [2.05, 4.69) is 25.8 Å². The third kappa shape index (κ3) is 1.97. The van der Waals surface area contributed by atoms with Crippen molar-refractivity contribution >= 4 is 5.91 Å². The summed E-state index contributed by atoms with van der Waals surface area (Å²) in [5.41, 5.74) is 0.0283. The first-order chi connectivity index (χ1) is 7.50. The van der Waals surface area contributed by atoms with Crippen LogP contribution in [0.5, 0.6) is 0 Å². The molecule has 1 saturated heterocycles. The molecule has 1 aromatic heterocycles. The zero-order valence-electron chi connectivity index (χ0n) is 10.1. The summed E-state index contributed by atoms with van der Waals surface area (Å²) in [5, 5.41) is 0. The second-order valence-corrected chi connectivity index (χ2v) is 4.94. The fourth-order valence-corrected chi connectivity index (χ4v) is 1.97. The molecule has 0 N–H and O–H groups in total. The molecular weight excluding hydrogens is 204 g/mol. The van der Waals surface area contributed by atoms with Crippen LogP contribution in [0.4, 0.5) is 0 Å². The van der Waals surface area contributed by atoms with Gasteiger partial charge in [-0.3, -0.25) is 9.69 Å². The monoisotopic (exact) mass is 222 g/mol. The quantitative estimate of drug-likeness (QED) is 0.721. The third-order valence-corrected chi connectivity index (χ3v) is 3.34. The average molecular weight is 222 g/mol. The number of furan rings is 1. The summed E-state index contributed by atoms with van der Waals surface area (Å²) in [4.78, 5) is 16.2. The molecule has 1 fully saturated rings. The van der Waals surface area contributed by atoms with Gasteiger partial charge in [0.05, 0.1) is 6.26 Å². The molecule has 0 saturated carbocycles. The summed E-state index contributed by atoms with van der Waals surface area (Å²) in [6.45, 7) is 6.70. The van der Waals surface area contributed by atoms with Crippen LogP contribution in [0.2, 0.25) is 0 Å². The van der Waals surface area contributed by atoms with Crippen LogP contribution in [0.15, 0.2) is 22.8 Å². The van der Waals surface area contributed by atoms with Gasteiger partial charge in [-0.05, 0) is 33.0 Å². The normalized spacial score (nSPS) is 21.1. The lowest BCUT2D eigenvalue weighted by Gasteiger charge is -2.45. The molecular formula is C12H18N2O2. The molecule has 1 aliphatic rings. The van der Waals surface area contributed by atoms with Gasteiger partial charge in [-0.15, -0.1) is 0 Å². The zero-order chi connectivity index (χ0) is 11.8. The van der Waals surface area contributed by atoms with Crippen LogP contribution in [0.3, 0.4) is 0 Å². The number of likely N-dealkylation sites (N-methyl/N-ethyl adjacent to an activating group) is 1. The fraction of sp³-hybridized carbons (Fsp3) is 0.583. The Morgan fingerprint density at radius 1 is 1.44 bits per heavy atom. The van der Waals surface area contributed by atoms with Crippen molar-refractivity contribution in [2.45, 2.75) is 19.4 Å². The molecule has 0 spiro atoms. The minimum atomic E-state index is -0.00817. The van der Waals surface area contributed by atoms with Crippen molar-refractivity contribution < 1.29 is 9.21 Å². The Balaban J connectivity index is 2.10. The summed E-state index contributed by atoms with van der Waals surface area (Å²) in [7, 11) is 2.09. The molecule has 88 valence electrons. The maximum atomic E-state index is 12.1. The van der Waals surface area contributed by atoms with Gasteiger partial charge in [0.2, 0.25) is 0 Å². The molecule has 2 rings (SSSR count). The molecule has 0 radical (unpaired) electrons. The van der Waals surface area contributed by atoms with Gasteiger partial charge in [0.15, 0.2) is 5.76 Å². The molecule has 0 aromatic carbocycles. The van der Waals surface area contributed by atoms with Gasteiger partial charge in [0, 0.05) is 25.2 Å². The minimum Gasteiger partial charge on any atom is -0.459 e. The highest BCUT2D eigenvalue weighted by molar-refractivity contribution is 5.91. The standard InChI is InChI=1S/C12H18N2O2/c1-12(2)9-14(7-6-13(12)3)11(15)10-5-4-8-16-10/h4-5,8H,6-7,9H2,1-3H3. The Morgan fingerprint density at radius 2 is 2.19 bits per heavy atom. The van der Waals surface area contributed by atoms with E-state index in [0.29, 0.717) is 5.76 Å². The predicted octanol–water partition coefficient (Wildman–Crippen LogP) is 1.45. The maximum absolute atomic E-state index is 12.1. The van der Waals surface area contributed by atoms with Gasteiger partial charge in [-0.1, -0.05) is 0 Å². The summed E-state index contributed by atoms with van der Waals surface area (Å²) >= 11 is 0. The first-order valence-electron chi connectivity index (χ1n) is 5.55. The molecule has 4 heteroatoms. The van der Waals surface area contributed by atoms with E-state index in [1.54, 1.807) is 12.1 Å². The SMILES string of the molecule is CN1CCN(C(=O)c2ccco2)CC1(C)C. The Morgan fingerprint density at radius 3 is 2.75 bits per heavy atom. The van der Waals surface area contributed by atoms with Crippen molar-refractivity contribution in [3.63, 3.8) is 0 Å². The molecule has 0 atom stereocenters. The second kappa shape index (κ2) is 3.94. The summed E-state index contributed by atoms with van der Waals surface area (Å²) < 4.78 is 5.14. The van der Waals surface area contributed by atoms with Gasteiger partial charge < -0.3 is 9.32 Å². The number of nitrogens with zero attached hydrogens (tertiary/aromatic N) is 2. The predicted molar refractivity (Wildman–Crippen MR) is 61.3 cm³/mol. The van der Waals surface area contributed by atoms with E-state index in [4.69, 9.17) is 4.42 Å². The molecule has 4 nitrogen and oxygen atoms in total. The van der Waals surface area contributed by atoms with E-state index in [1.807, 2.05) is 4.90 Å². The highest BCUT2D eigenvalue weighted by atomic mass is 16.3. The average Bonchev–Trinajstić information content (AvgIpc) is 2.74. The van der Waals surface area contributed by atoms with Crippen molar-refractivity contribution in [1.82, 2.24) is 9.80 Å². The van der Waals surface area contributed by atoms with Gasteiger partial charge >= 0.3 is 0 Å². The lowest BCUT2D eigenvalue weighted by Crippen LogP contribution is -2.58. The minimum absolute atomic E-state index is 0.00817. The fourth-order valence-electron chi connectivity index (χ4n) is 1.97. The topological polar surface area (TPSA) is 36.7 Å². The first-order valence-corrected chi connectivity index (χ1v) is 5.55. The number of piperazine rings is 1. The Labute approximate surface area is 95.8 Å². The molecule has 16 heavy (non-hydrogen) atoms. The van der Waals surface area contributed by atoms with E-state index in [1.165, 1.54) is 6.26 Å². The molecule has 0 aliphatic carbocycles. The van der Waals surface area contributed by atoms with Crippen LogP contribution >= 0.6 is 0 Å². The first kappa shape index (κ1) is 11.2. The molecule has 1 aliphatic heterocycles. The van der Waals surface area contributed by atoms with Gasteiger partial charge in [0.1, 0.15) is 0 Å². The second-order valence-electron chi connectivity index (χ2n) is 4.94. The third-order valence-electron chi connectivity index (χ3n) is 3.34. The summed E-state index contributed by atoms with van der Waals surface area (Å²) in [6.07, 6.45) is 1.54. The highest BCUT2D eigenvalue weighted by Crippen LogP contribution is 2.20. The van der Waals surface area contributed by atoms with Crippen molar-refractivity contribution in [3.8, 4) is 0 Å². The lowest BCUT2D eigenvalue weighted by molar-refractivity contribution is 0.0290. The maximum Gasteiger partial charge on any atom is 0.289 e. The van der Waals surface area contributed by atoms with Crippen molar-refractivity contribution in [1.29, 1.82) is 0 Å². The summed E-state index contributed by atoms with van der Waals surface area (Å²) in [6, 6.07) is 3.46. The van der Waals surface area contributed by atoms with Gasteiger partial charge in [-0.2, -0.15) is 0 Å². The van der Waals surface area contributed by atoms with Crippen LogP contribution in [-0.4, -0.2) is 47.9 Å². The lowest BCUT2D eigenvalue weighted by atomic mass is 9.99. The number of carbonyl (C=O) groups excluding carboxylic acids is 1. The van der Waals surface area contributed by atoms with Crippen LogP contribution < -0.4 is 0 Å². The van der Waals surface area contributed by atoms with Crippen molar-refractivity contribution in [2.75, 3.05) is 26.7 Å². The largest absolute Gasteiger partial charge is 0.459 e. The van der Waals surface area contributed by atoms with Crippen LogP contribution in [0.25, 0.3) is 0 Å². The number of hydrogen-bond acceptors (Lipinski definition) is 3. The van der Waals surface area contributed by atoms with E-state index < -0.39 is 0 Å². The summed E-state index contributed by atoms with van der Waals surface area (Å²) in [5.74, 6) is 0.423. The number of carbonyl (C=O) groups is 1. The van der Waals surface area contributed by atoms with Crippen LogP contribution in [-0.2, 0) is 0 Å². The van der Waals surface area contributed by atoms with Crippen LogP contribution in [0.1, 0.15) is 24.4 Å². The molecule has 1 amide bonds. The van der Waals surface area contributed by atoms with Gasteiger partial charge in [-0.25, -0.2) is 0 Å². The van der Waals surface area contributed by atoms with Crippen molar-refractivity contribution in [3.05, 3.63) is 24.2 Å². The van der Waals surface area contributed by atoms with E-state index in [0.717, 1.165) is 19.6 Å². The Hall–Kier alpha value is -1.29. The van der Waals surface area contributed by atoms with E-state index in [-0.39, 0.29) is 11.4 Å². The number of hydrogen-bond donors (Lipinski definition) is 0. The Bertz CT molecular complexity index is 370. The Kier molecular flexibility index (Phi) is 2.76.